The monoisotopic (exact) mass is 476 g/mol. The summed E-state index contributed by atoms with van der Waals surface area (Å²) in [4.78, 5) is 43.6. The number of nitrogens with one attached hydrogen (secondary N) is 2. The number of carboxylic acid groups (broad SMARTS) is 1. The van der Waals surface area contributed by atoms with Gasteiger partial charge in [0, 0.05) is 31.3 Å². The zero-order chi connectivity index (χ0) is 24.8. The van der Waals surface area contributed by atoms with Gasteiger partial charge in [-0.05, 0) is 22.3 Å². The topological polar surface area (TPSA) is 151 Å². The van der Waals surface area contributed by atoms with Crippen molar-refractivity contribution in [1.29, 1.82) is 0 Å². The van der Waals surface area contributed by atoms with Gasteiger partial charge >= 0.3 is 12.1 Å². The van der Waals surface area contributed by atoms with Gasteiger partial charge in [0.05, 0.1) is 12.1 Å². The molecule has 180 valence electrons. The Kier molecular flexibility index (Phi) is 7.32. The number of carbonyl (C=O) groups excluding carboxylic acids is 2. The molecule has 0 spiro atoms. The van der Waals surface area contributed by atoms with Gasteiger partial charge in [-0.3, -0.25) is 4.79 Å². The molecule has 10 heteroatoms. The Labute approximate surface area is 201 Å². The number of aromatic nitrogens is 2. The molecule has 2 aromatic carbocycles. The summed E-state index contributed by atoms with van der Waals surface area (Å²) in [6.07, 6.45) is 1.72. The van der Waals surface area contributed by atoms with Crippen LogP contribution in [0, 0.1) is 0 Å². The molecule has 0 bridgehead atoms. The van der Waals surface area contributed by atoms with Crippen molar-refractivity contribution >= 4 is 18.0 Å². The number of hydrogen-bond donors (Lipinski definition) is 4. The molecule has 2 amide bonds. The first-order valence-electron chi connectivity index (χ1n) is 11.0. The number of benzene rings is 2. The molecular formula is C25H24N4O6. The number of carboxylic acids is 1. The smallest absolute Gasteiger partial charge is 0.407 e. The summed E-state index contributed by atoms with van der Waals surface area (Å²) in [5.41, 5.74) is 4.56. The molecule has 0 radical (unpaired) electrons. The molecule has 0 saturated carbocycles. The Balaban J connectivity index is 1.30. The van der Waals surface area contributed by atoms with Gasteiger partial charge in [-0.1, -0.05) is 48.5 Å². The van der Waals surface area contributed by atoms with Gasteiger partial charge in [-0.2, -0.15) is 0 Å². The van der Waals surface area contributed by atoms with Crippen LogP contribution in [0.3, 0.4) is 0 Å². The molecular weight excluding hydrogens is 452 g/mol. The molecule has 0 unspecified atom stereocenters. The Morgan fingerprint density at radius 2 is 1.57 bits per heavy atom. The lowest BCUT2D eigenvalue weighted by molar-refractivity contribution is -0.139. The molecule has 35 heavy (non-hydrogen) atoms. The number of ether oxygens (including phenoxy) is 1. The van der Waals surface area contributed by atoms with E-state index in [9.17, 15) is 14.4 Å². The van der Waals surface area contributed by atoms with Gasteiger partial charge in [0.1, 0.15) is 18.5 Å². The van der Waals surface area contributed by atoms with Crippen molar-refractivity contribution in [3.63, 3.8) is 0 Å². The Bertz CT molecular complexity index is 1190. The third-order valence-electron chi connectivity index (χ3n) is 5.72. The molecule has 1 heterocycles. The molecule has 4 N–H and O–H groups in total. The van der Waals surface area contributed by atoms with Gasteiger partial charge in [-0.25, -0.2) is 19.6 Å². The van der Waals surface area contributed by atoms with E-state index in [-0.39, 0.29) is 43.5 Å². The minimum atomic E-state index is -1.25. The number of nitrogens with zero attached hydrogens (tertiary/aromatic N) is 2. The second kappa shape index (κ2) is 10.7. The molecule has 1 aliphatic rings. The highest BCUT2D eigenvalue weighted by atomic mass is 16.5. The number of aliphatic hydroxyl groups excluding tert-OH is 1. The van der Waals surface area contributed by atoms with Crippen molar-refractivity contribution in [1.82, 2.24) is 20.6 Å². The lowest BCUT2D eigenvalue weighted by Crippen LogP contribution is -2.41. The van der Waals surface area contributed by atoms with Gasteiger partial charge in [0.2, 0.25) is 0 Å². The molecule has 1 aliphatic carbocycles. The molecule has 0 fully saturated rings. The number of carbonyl (C=O) groups is 3. The average Bonchev–Trinajstić information content (AvgIpc) is 3.20. The Morgan fingerprint density at radius 1 is 0.971 bits per heavy atom. The highest BCUT2D eigenvalue weighted by molar-refractivity contribution is 5.96. The fourth-order valence-corrected chi connectivity index (χ4v) is 3.99. The highest BCUT2D eigenvalue weighted by Crippen LogP contribution is 2.44. The van der Waals surface area contributed by atoms with Crippen LogP contribution in [-0.4, -0.2) is 57.4 Å². The van der Waals surface area contributed by atoms with Crippen LogP contribution in [0.25, 0.3) is 11.1 Å². The van der Waals surface area contributed by atoms with Crippen molar-refractivity contribution in [3.05, 3.63) is 83.4 Å². The molecule has 0 saturated heterocycles. The molecule has 3 aromatic rings. The van der Waals surface area contributed by atoms with Crippen molar-refractivity contribution in [2.45, 2.75) is 24.9 Å². The molecule has 0 aliphatic heterocycles. The molecule has 1 atom stereocenters. The first-order chi connectivity index (χ1) is 17.0. The van der Waals surface area contributed by atoms with E-state index in [1.807, 2.05) is 36.4 Å². The number of amides is 2. The second-order valence-corrected chi connectivity index (χ2v) is 7.94. The number of rotatable bonds is 9. The lowest BCUT2D eigenvalue weighted by Gasteiger charge is -2.14. The van der Waals surface area contributed by atoms with Crippen LogP contribution >= 0.6 is 0 Å². The van der Waals surface area contributed by atoms with Crippen LogP contribution in [0.2, 0.25) is 0 Å². The minimum absolute atomic E-state index is 0.0131. The van der Waals surface area contributed by atoms with Crippen molar-refractivity contribution < 1.29 is 29.3 Å². The summed E-state index contributed by atoms with van der Waals surface area (Å²) >= 11 is 0. The summed E-state index contributed by atoms with van der Waals surface area (Å²) in [6.45, 7) is -0.215. The van der Waals surface area contributed by atoms with E-state index in [4.69, 9.17) is 14.9 Å². The molecule has 10 nitrogen and oxygen atoms in total. The van der Waals surface area contributed by atoms with Crippen molar-refractivity contribution in [3.8, 4) is 11.1 Å². The number of fused-ring (bicyclic) bond motifs is 3. The Morgan fingerprint density at radius 3 is 2.14 bits per heavy atom. The highest BCUT2D eigenvalue weighted by Gasteiger charge is 2.29. The van der Waals surface area contributed by atoms with Crippen molar-refractivity contribution in [2.24, 2.45) is 0 Å². The fraction of sp³-hybridized carbons (Fsp3) is 0.240. The van der Waals surface area contributed by atoms with E-state index < -0.39 is 24.0 Å². The predicted octanol–water partition coefficient (Wildman–Crippen LogP) is 2.08. The average molecular weight is 476 g/mol. The summed E-state index contributed by atoms with van der Waals surface area (Å²) in [7, 11) is 0. The Hall–Kier alpha value is -4.31. The zero-order valence-electron chi connectivity index (χ0n) is 18.7. The largest absolute Gasteiger partial charge is 0.480 e. The first kappa shape index (κ1) is 23.8. The van der Waals surface area contributed by atoms with Gasteiger partial charge < -0.3 is 25.6 Å². The van der Waals surface area contributed by atoms with E-state index in [0.717, 1.165) is 22.3 Å². The van der Waals surface area contributed by atoms with E-state index >= 15 is 0 Å². The quantitative estimate of drug-likeness (QED) is 0.367. The van der Waals surface area contributed by atoms with Gasteiger partial charge in [-0.15, -0.1) is 0 Å². The minimum Gasteiger partial charge on any atom is -0.480 e. The van der Waals surface area contributed by atoms with Crippen LogP contribution in [0.1, 0.15) is 39.6 Å². The third kappa shape index (κ3) is 5.44. The first-order valence-corrected chi connectivity index (χ1v) is 11.0. The normalized spacial score (nSPS) is 12.8. The summed E-state index contributed by atoms with van der Waals surface area (Å²) < 4.78 is 5.47. The van der Waals surface area contributed by atoms with E-state index in [1.54, 1.807) is 0 Å². The van der Waals surface area contributed by atoms with Crippen LogP contribution in [-0.2, 0) is 16.1 Å². The molecule has 4 rings (SSSR count). The number of aliphatic hydroxyl groups is 1. The predicted molar refractivity (Wildman–Crippen MR) is 125 cm³/mol. The lowest BCUT2D eigenvalue weighted by atomic mass is 9.98. The summed E-state index contributed by atoms with van der Waals surface area (Å²) in [6, 6.07) is 14.9. The molecule has 1 aromatic heterocycles. The SMILES string of the molecule is O=C(NCc1ncc(C(=O)N[C@H](CCO)C(=O)O)cn1)OCC1c2ccccc2-c2ccccc21. The van der Waals surface area contributed by atoms with Crippen LogP contribution in [0.5, 0.6) is 0 Å². The maximum atomic E-state index is 12.3. The van der Waals surface area contributed by atoms with E-state index in [2.05, 4.69) is 32.7 Å². The maximum absolute atomic E-state index is 12.3. The standard InChI is InChI=1S/C25H24N4O6/c30-10-9-21(24(32)33)29-23(31)15-11-26-22(27-12-15)13-28-25(34)35-14-20-18-7-3-1-5-16(18)17-6-2-4-8-19(17)20/h1-8,11-12,20-21,30H,9-10,13-14H2,(H,28,34)(H,29,31)(H,32,33)/t21-/m1/s1. The number of aliphatic carboxylic acids is 1. The van der Waals surface area contributed by atoms with Gasteiger partial charge in [0.15, 0.2) is 0 Å². The second-order valence-electron chi connectivity index (χ2n) is 7.94. The number of alkyl carbamates (subject to hydrolysis) is 1. The van der Waals surface area contributed by atoms with Crippen molar-refractivity contribution in [2.75, 3.05) is 13.2 Å². The fourth-order valence-electron chi connectivity index (χ4n) is 3.99. The maximum Gasteiger partial charge on any atom is 0.407 e. The van der Waals surface area contributed by atoms with Crippen LogP contribution < -0.4 is 10.6 Å². The number of hydrogen-bond acceptors (Lipinski definition) is 7. The van der Waals surface area contributed by atoms with Crippen LogP contribution in [0.4, 0.5) is 4.79 Å². The van der Waals surface area contributed by atoms with Crippen LogP contribution in [0.15, 0.2) is 60.9 Å². The van der Waals surface area contributed by atoms with E-state index in [0.29, 0.717) is 0 Å². The van der Waals surface area contributed by atoms with Gasteiger partial charge in [0.25, 0.3) is 5.91 Å². The summed E-state index contributed by atoms with van der Waals surface area (Å²) in [5, 5.41) is 22.9. The zero-order valence-corrected chi connectivity index (χ0v) is 18.7. The van der Waals surface area contributed by atoms with E-state index in [1.165, 1.54) is 12.4 Å². The summed E-state index contributed by atoms with van der Waals surface area (Å²) in [5.74, 6) is -1.73. The third-order valence-corrected chi connectivity index (χ3v) is 5.72.